The maximum absolute atomic E-state index is 12.9. The topological polar surface area (TPSA) is 37.6 Å². The van der Waals surface area contributed by atoms with Crippen molar-refractivity contribution in [2.45, 2.75) is 25.7 Å². The Labute approximate surface area is 149 Å². The van der Waals surface area contributed by atoms with E-state index in [4.69, 9.17) is 11.6 Å². The SMILES string of the molecule is O=C(c1csc2nc(-c3ccc(Cl)cc3)cn12)N1CCCCCC1. The van der Waals surface area contributed by atoms with Gasteiger partial charge in [0.05, 0.1) is 5.69 Å². The molecule has 0 unspecified atom stereocenters. The molecule has 0 spiro atoms. The molecule has 2 aromatic heterocycles. The molecule has 0 N–H and O–H groups in total. The highest BCUT2D eigenvalue weighted by Crippen LogP contribution is 2.26. The van der Waals surface area contributed by atoms with Gasteiger partial charge in [0.25, 0.3) is 5.91 Å². The average molecular weight is 360 g/mol. The van der Waals surface area contributed by atoms with E-state index in [0.29, 0.717) is 10.7 Å². The van der Waals surface area contributed by atoms with Crippen molar-refractivity contribution < 1.29 is 4.79 Å². The molecule has 1 aliphatic heterocycles. The highest BCUT2D eigenvalue weighted by molar-refractivity contribution is 7.15. The first-order valence-corrected chi connectivity index (χ1v) is 9.50. The lowest BCUT2D eigenvalue weighted by Crippen LogP contribution is -2.32. The van der Waals surface area contributed by atoms with Crippen molar-refractivity contribution >= 4 is 33.8 Å². The minimum atomic E-state index is 0.114. The number of thiazole rings is 1. The molecule has 3 heterocycles. The van der Waals surface area contributed by atoms with Crippen LogP contribution in [-0.4, -0.2) is 33.3 Å². The van der Waals surface area contributed by atoms with Crippen molar-refractivity contribution in [2.24, 2.45) is 0 Å². The number of imidazole rings is 1. The number of rotatable bonds is 2. The quantitative estimate of drug-likeness (QED) is 0.663. The van der Waals surface area contributed by atoms with Crippen molar-refractivity contribution in [3.63, 3.8) is 0 Å². The lowest BCUT2D eigenvalue weighted by molar-refractivity contribution is 0.0755. The van der Waals surface area contributed by atoms with Gasteiger partial charge in [0.15, 0.2) is 4.96 Å². The first-order valence-electron chi connectivity index (χ1n) is 8.24. The van der Waals surface area contributed by atoms with E-state index in [-0.39, 0.29) is 5.91 Å². The third-order valence-electron chi connectivity index (χ3n) is 4.46. The largest absolute Gasteiger partial charge is 0.337 e. The molecular weight excluding hydrogens is 342 g/mol. The molecule has 0 aliphatic carbocycles. The van der Waals surface area contributed by atoms with Gasteiger partial charge < -0.3 is 4.90 Å². The fourth-order valence-electron chi connectivity index (χ4n) is 3.13. The second-order valence-corrected chi connectivity index (χ2v) is 7.39. The van der Waals surface area contributed by atoms with Gasteiger partial charge in [-0.15, -0.1) is 11.3 Å². The van der Waals surface area contributed by atoms with E-state index in [1.54, 1.807) is 0 Å². The molecule has 6 heteroatoms. The van der Waals surface area contributed by atoms with E-state index in [2.05, 4.69) is 4.98 Å². The van der Waals surface area contributed by atoms with Gasteiger partial charge in [0, 0.05) is 35.3 Å². The second kappa shape index (κ2) is 6.57. The van der Waals surface area contributed by atoms with Gasteiger partial charge in [-0.3, -0.25) is 9.20 Å². The molecule has 24 heavy (non-hydrogen) atoms. The number of carbonyl (C=O) groups is 1. The molecular formula is C18H18ClN3OS. The van der Waals surface area contributed by atoms with E-state index in [9.17, 15) is 4.79 Å². The summed E-state index contributed by atoms with van der Waals surface area (Å²) in [4.78, 5) is 20.4. The van der Waals surface area contributed by atoms with Gasteiger partial charge in [0.1, 0.15) is 5.69 Å². The number of hydrogen-bond acceptors (Lipinski definition) is 3. The van der Waals surface area contributed by atoms with E-state index < -0.39 is 0 Å². The number of amides is 1. The van der Waals surface area contributed by atoms with E-state index in [0.717, 1.165) is 42.1 Å². The van der Waals surface area contributed by atoms with Crippen LogP contribution in [-0.2, 0) is 0 Å². The number of nitrogens with zero attached hydrogens (tertiary/aromatic N) is 3. The number of hydrogen-bond donors (Lipinski definition) is 0. The van der Waals surface area contributed by atoms with E-state index in [1.807, 2.05) is 45.1 Å². The van der Waals surface area contributed by atoms with Gasteiger partial charge in [-0.25, -0.2) is 4.98 Å². The predicted molar refractivity (Wildman–Crippen MR) is 97.9 cm³/mol. The molecule has 1 aliphatic rings. The van der Waals surface area contributed by atoms with Crippen LogP contribution in [0.2, 0.25) is 5.02 Å². The summed E-state index contributed by atoms with van der Waals surface area (Å²) in [7, 11) is 0. The summed E-state index contributed by atoms with van der Waals surface area (Å²) in [5, 5.41) is 2.62. The summed E-state index contributed by atoms with van der Waals surface area (Å²) in [6, 6.07) is 7.61. The van der Waals surface area contributed by atoms with Crippen LogP contribution >= 0.6 is 22.9 Å². The van der Waals surface area contributed by atoms with Crippen LogP contribution in [0.4, 0.5) is 0 Å². The molecule has 0 saturated carbocycles. The van der Waals surface area contributed by atoms with Crippen LogP contribution in [0.5, 0.6) is 0 Å². The number of fused-ring (bicyclic) bond motifs is 1. The Kier molecular flexibility index (Phi) is 4.29. The molecule has 1 fully saturated rings. The summed E-state index contributed by atoms with van der Waals surface area (Å²) in [6.45, 7) is 1.71. The zero-order valence-electron chi connectivity index (χ0n) is 13.2. The Morgan fingerprint density at radius 1 is 1.08 bits per heavy atom. The molecule has 3 aromatic rings. The minimum Gasteiger partial charge on any atom is -0.337 e. The molecule has 0 bridgehead atoms. The maximum atomic E-state index is 12.9. The van der Waals surface area contributed by atoms with Gasteiger partial charge >= 0.3 is 0 Å². The average Bonchev–Trinajstić information content (AvgIpc) is 3.05. The Morgan fingerprint density at radius 2 is 1.79 bits per heavy atom. The van der Waals surface area contributed by atoms with Crippen LogP contribution in [0.15, 0.2) is 35.8 Å². The van der Waals surface area contributed by atoms with E-state index >= 15 is 0 Å². The first-order chi connectivity index (χ1) is 11.7. The van der Waals surface area contributed by atoms with Crippen LogP contribution in [0.25, 0.3) is 16.2 Å². The number of benzene rings is 1. The number of aromatic nitrogens is 2. The van der Waals surface area contributed by atoms with Crippen LogP contribution in [0, 0.1) is 0 Å². The monoisotopic (exact) mass is 359 g/mol. The van der Waals surface area contributed by atoms with Gasteiger partial charge in [-0.1, -0.05) is 36.6 Å². The van der Waals surface area contributed by atoms with Crippen molar-refractivity contribution in [2.75, 3.05) is 13.1 Å². The summed E-state index contributed by atoms with van der Waals surface area (Å²) in [6.07, 6.45) is 6.57. The fraction of sp³-hybridized carbons (Fsp3) is 0.333. The summed E-state index contributed by atoms with van der Waals surface area (Å²) in [5.41, 5.74) is 2.58. The minimum absolute atomic E-state index is 0.114. The van der Waals surface area contributed by atoms with Crippen molar-refractivity contribution in [1.29, 1.82) is 0 Å². The van der Waals surface area contributed by atoms with Crippen molar-refractivity contribution in [3.8, 4) is 11.3 Å². The third kappa shape index (κ3) is 2.94. The Bertz CT molecular complexity index is 860. The number of halogens is 1. The maximum Gasteiger partial charge on any atom is 0.271 e. The third-order valence-corrected chi connectivity index (χ3v) is 5.55. The Morgan fingerprint density at radius 3 is 2.50 bits per heavy atom. The van der Waals surface area contributed by atoms with Gasteiger partial charge in [-0.2, -0.15) is 0 Å². The molecule has 1 amide bonds. The summed E-state index contributed by atoms with van der Waals surface area (Å²) in [5.74, 6) is 0.114. The molecule has 0 atom stereocenters. The van der Waals surface area contributed by atoms with Gasteiger partial charge in [0.2, 0.25) is 0 Å². The molecule has 4 rings (SSSR count). The van der Waals surface area contributed by atoms with E-state index in [1.165, 1.54) is 24.2 Å². The molecule has 1 saturated heterocycles. The Hall–Kier alpha value is -1.85. The van der Waals surface area contributed by atoms with Crippen molar-refractivity contribution in [3.05, 3.63) is 46.6 Å². The molecule has 1 aromatic carbocycles. The van der Waals surface area contributed by atoms with Crippen LogP contribution in [0.3, 0.4) is 0 Å². The normalized spacial score (nSPS) is 15.6. The lowest BCUT2D eigenvalue weighted by atomic mass is 10.2. The number of likely N-dealkylation sites (tertiary alicyclic amines) is 1. The second-order valence-electron chi connectivity index (χ2n) is 6.11. The van der Waals surface area contributed by atoms with Crippen LogP contribution in [0.1, 0.15) is 36.2 Å². The Balaban J connectivity index is 1.66. The zero-order chi connectivity index (χ0) is 16.5. The summed E-state index contributed by atoms with van der Waals surface area (Å²) < 4.78 is 1.92. The van der Waals surface area contributed by atoms with Crippen LogP contribution < -0.4 is 0 Å². The lowest BCUT2D eigenvalue weighted by Gasteiger charge is -2.19. The van der Waals surface area contributed by atoms with Gasteiger partial charge in [-0.05, 0) is 25.0 Å². The number of carbonyl (C=O) groups excluding carboxylic acids is 1. The first kappa shape index (κ1) is 15.7. The molecule has 124 valence electrons. The highest BCUT2D eigenvalue weighted by atomic mass is 35.5. The smallest absolute Gasteiger partial charge is 0.271 e. The molecule has 4 nitrogen and oxygen atoms in total. The van der Waals surface area contributed by atoms with Crippen molar-refractivity contribution in [1.82, 2.24) is 14.3 Å². The zero-order valence-corrected chi connectivity index (χ0v) is 14.8. The summed E-state index contributed by atoms with van der Waals surface area (Å²) >= 11 is 7.46. The predicted octanol–water partition coefficient (Wildman–Crippen LogP) is 4.73. The fourth-order valence-corrected chi connectivity index (χ4v) is 4.11. The molecule has 0 radical (unpaired) electrons. The standard InChI is InChI=1S/C18H18ClN3OS/c19-14-7-5-13(6-8-14)15-11-22-16(12-24-18(22)20-15)17(23)21-9-3-1-2-4-10-21/h5-8,11-12H,1-4,9-10H2. The highest BCUT2D eigenvalue weighted by Gasteiger charge is 2.21.